The number of anilines is 6. The molecule has 3 heterocycles. The van der Waals surface area contributed by atoms with Crippen molar-refractivity contribution in [1.29, 1.82) is 0 Å². The Morgan fingerprint density at radius 1 is 0.339 bits per heavy atom. The van der Waals surface area contributed by atoms with Crippen LogP contribution in [0.2, 0.25) is 0 Å². The highest BCUT2D eigenvalue weighted by molar-refractivity contribution is 7.01. The summed E-state index contributed by atoms with van der Waals surface area (Å²) < 4.78 is 14.1. The van der Waals surface area contributed by atoms with Crippen LogP contribution in [0.25, 0.3) is 32.3 Å². The van der Waals surface area contributed by atoms with Crippen molar-refractivity contribution in [3.63, 3.8) is 0 Å². The lowest BCUT2D eigenvalue weighted by molar-refractivity contribution is 0.465. The number of ether oxygens (including phenoxy) is 2. The van der Waals surface area contributed by atoms with E-state index < -0.39 is 0 Å². The molecule has 2 aliphatic heterocycles. The second-order valence-electron chi connectivity index (χ2n) is 15.1. The molecule has 59 heavy (non-hydrogen) atoms. The third-order valence-corrected chi connectivity index (χ3v) is 11.8. The molecule has 10 aromatic rings. The smallest absolute Gasteiger partial charge is 0.262 e. The van der Waals surface area contributed by atoms with Gasteiger partial charge in [0.25, 0.3) is 6.71 Å². The first-order valence-electron chi connectivity index (χ1n) is 20.0. The summed E-state index contributed by atoms with van der Waals surface area (Å²) in [4.78, 5) is 9.05. The highest BCUT2D eigenvalue weighted by Gasteiger charge is 2.43. The standard InChI is InChI=1S/C53H34BN3O2/c1-3-16-37(17-4-1)56(38-18-5-2-6-19-38)45-33-49-51(43-22-11-9-20-41(43)45)54-52-44-23-12-10-21-42(44)46(34-50(52)59-48-25-13-24-47(58-49)53(48)54)57(39-28-30-55-31-29-39)40-27-26-35-14-7-8-15-36(35)32-40/h1-34H. The van der Waals surface area contributed by atoms with Crippen LogP contribution in [-0.2, 0) is 0 Å². The Morgan fingerprint density at radius 3 is 1.39 bits per heavy atom. The molecule has 5 nitrogen and oxygen atoms in total. The maximum Gasteiger partial charge on any atom is 0.262 e. The summed E-state index contributed by atoms with van der Waals surface area (Å²) in [6, 6.07) is 68.6. The minimum absolute atomic E-state index is 0.163. The van der Waals surface area contributed by atoms with Crippen molar-refractivity contribution >= 4 is 89.5 Å². The number of aromatic nitrogens is 1. The molecule has 276 valence electrons. The molecule has 0 saturated carbocycles. The van der Waals surface area contributed by atoms with Gasteiger partial charge in [0, 0.05) is 63.5 Å². The first-order chi connectivity index (χ1) is 29.3. The number of nitrogens with zero attached hydrogens (tertiary/aromatic N) is 3. The van der Waals surface area contributed by atoms with Crippen LogP contribution in [0.15, 0.2) is 207 Å². The second kappa shape index (κ2) is 13.4. The zero-order valence-electron chi connectivity index (χ0n) is 31.9. The Kier molecular flexibility index (Phi) is 7.57. The number of benzene rings is 9. The van der Waals surface area contributed by atoms with E-state index in [1.165, 1.54) is 10.8 Å². The molecule has 1 aromatic heterocycles. The summed E-state index contributed by atoms with van der Waals surface area (Å²) in [5, 5.41) is 6.89. The molecule has 0 radical (unpaired) electrons. The van der Waals surface area contributed by atoms with Crippen LogP contribution in [0.5, 0.6) is 23.0 Å². The number of para-hydroxylation sites is 2. The molecule has 2 aliphatic rings. The van der Waals surface area contributed by atoms with Crippen LogP contribution in [-0.4, -0.2) is 11.7 Å². The number of pyridine rings is 1. The van der Waals surface area contributed by atoms with Crippen LogP contribution in [0.1, 0.15) is 0 Å². The van der Waals surface area contributed by atoms with E-state index in [0.717, 1.165) is 95.1 Å². The number of rotatable bonds is 6. The molecule has 9 aromatic carbocycles. The molecule has 0 fully saturated rings. The first kappa shape index (κ1) is 33.3. The van der Waals surface area contributed by atoms with Crippen LogP contribution < -0.4 is 35.7 Å². The summed E-state index contributed by atoms with van der Waals surface area (Å²) >= 11 is 0. The van der Waals surface area contributed by atoms with E-state index in [2.05, 4.69) is 203 Å². The fraction of sp³-hybridized carbons (Fsp3) is 0. The van der Waals surface area contributed by atoms with Gasteiger partial charge >= 0.3 is 0 Å². The zero-order chi connectivity index (χ0) is 38.9. The van der Waals surface area contributed by atoms with E-state index in [1.807, 2.05) is 18.5 Å². The highest BCUT2D eigenvalue weighted by atomic mass is 16.5. The largest absolute Gasteiger partial charge is 0.458 e. The van der Waals surface area contributed by atoms with Crippen molar-refractivity contribution in [1.82, 2.24) is 4.98 Å². The monoisotopic (exact) mass is 755 g/mol. The molecule has 6 heteroatoms. The SMILES string of the molecule is c1ccc(N(c2ccccc2)c2cc3c(c4ccccc24)B2c4c(cccc4Oc4cc(N(c5ccncc5)c5ccc6ccccc6c5)c5ccccc5c42)O3)cc1. The second-order valence-corrected chi connectivity index (χ2v) is 15.1. The highest BCUT2D eigenvalue weighted by Crippen LogP contribution is 2.47. The summed E-state index contributed by atoms with van der Waals surface area (Å²) in [7, 11) is 0. The quantitative estimate of drug-likeness (QED) is 0.158. The number of hydrogen-bond acceptors (Lipinski definition) is 5. The summed E-state index contributed by atoms with van der Waals surface area (Å²) in [5.74, 6) is 3.27. The molecule has 0 N–H and O–H groups in total. The number of fused-ring (bicyclic) bond motifs is 9. The predicted octanol–water partition coefficient (Wildman–Crippen LogP) is 12.2. The van der Waals surface area contributed by atoms with Crippen LogP contribution in [0.4, 0.5) is 34.1 Å². The van der Waals surface area contributed by atoms with Gasteiger partial charge in [-0.15, -0.1) is 0 Å². The van der Waals surface area contributed by atoms with Crippen LogP contribution in [0, 0.1) is 0 Å². The van der Waals surface area contributed by atoms with E-state index in [9.17, 15) is 0 Å². The van der Waals surface area contributed by atoms with Gasteiger partial charge in [-0.05, 0) is 93.1 Å². The lowest BCUT2D eigenvalue weighted by atomic mass is 9.33. The molecule has 0 saturated heterocycles. The summed E-state index contributed by atoms with van der Waals surface area (Å²) in [6.07, 6.45) is 3.71. The average Bonchev–Trinajstić information content (AvgIpc) is 3.30. The normalized spacial score (nSPS) is 12.3. The van der Waals surface area contributed by atoms with Gasteiger partial charge in [0.2, 0.25) is 0 Å². The van der Waals surface area contributed by atoms with Gasteiger partial charge in [-0.3, -0.25) is 4.98 Å². The maximum absolute atomic E-state index is 7.04. The Balaban J connectivity index is 1.12. The third kappa shape index (κ3) is 5.30. The van der Waals surface area contributed by atoms with Gasteiger partial charge in [-0.1, -0.05) is 121 Å². The van der Waals surface area contributed by atoms with E-state index in [0.29, 0.717) is 0 Å². The minimum atomic E-state index is -0.163. The van der Waals surface area contributed by atoms with Crippen molar-refractivity contribution in [3.8, 4) is 23.0 Å². The van der Waals surface area contributed by atoms with Crippen molar-refractivity contribution in [2.75, 3.05) is 9.80 Å². The molecule has 0 unspecified atom stereocenters. The van der Waals surface area contributed by atoms with Gasteiger partial charge in [0.05, 0.1) is 11.4 Å². The van der Waals surface area contributed by atoms with Crippen LogP contribution in [0.3, 0.4) is 0 Å². The average molecular weight is 756 g/mol. The lowest BCUT2D eigenvalue weighted by Crippen LogP contribution is -2.58. The van der Waals surface area contributed by atoms with Gasteiger partial charge in [-0.25, -0.2) is 0 Å². The van der Waals surface area contributed by atoms with E-state index in [4.69, 9.17) is 9.47 Å². The maximum atomic E-state index is 7.04. The van der Waals surface area contributed by atoms with E-state index in [-0.39, 0.29) is 6.71 Å². The third-order valence-electron chi connectivity index (χ3n) is 11.8. The first-order valence-corrected chi connectivity index (χ1v) is 20.0. The fourth-order valence-corrected chi connectivity index (χ4v) is 9.32. The molecule has 12 rings (SSSR count). The van der Waals surface area contributed by atoms with Crippen molar-refractivity contribution in [2.24, 2.45) is 0 Å². The Morgan fingerprint density at radius 2 is 0.814 bits per heavy atom. The topological polar surface area (TPSA) is 37.8 Å². The van der Waals surface area contributed by atoms with Gasteiger partial charge < -0.3 is 19.3 Å². The van der Waals surface area contributed by atoms with Crippen molar-refractivity contribution in [3.05, 3.63) is 207 Å². The number of hydrogen-bond donors (Lipinski definition) is 0. The lowest BCUT2D eigenvalue weighted by Gasteiger charge is -2.37. The minimum Gasteiger partial charge on any atom is -0.458 e. The Hall–Kier alpha value is -7.83. The molecule has 0 atom stereocenters. The molecule has 0 amide bonds. The van der Waals surface area contributed by atoms with Gasteiger partial charge in [0.1, 0.15) is 23.0 Å². The van der Waals surface area contributed by atoms with Crippen LogP contribution >= 0.6 is 0 Å². The zero-order valence-corrected chi connectivity index (χ0v) is 31.9. The molecule has 0 aliphatic carbocycles. The molecular weight excluding hydrogens is 721 g/mol. The summed E-state index contributed by atoms with van der Waals surface area (Å²) in [5.41, 5.74) is 9.58. The molecule has 0 spiro atoms. The molecule has 0 bridgehead atoms. The predicted molar refractivity (Wildman–Crippen MR) is 244 cm³/mol. The van der Waals surface area contributed by atoms with E-state index in [1.54, 1.807) is 0 Å². The van der Waals surface area contributed by atoms with Gasteiger partial charge in [0.15, 0.2) is 0 Å². The molecular formula is C53H34BN3O2. The Labute approximate surface area is 342 Å². The van der Waals surface area contributed by atoms with E-state index >= 15 is 0 Å². The van der Waals surface area contributed by atoms with Gasteiger partial charge in [-0.2, -0.15) is 0 Å². The van der Waals surface area contributed by atoms with Crippen molar-refractivity contribution in [2.45, 2.75) is 0 Å². The van der Waals surface area contributed by atoms with Crippen molar-refractivity contribution < 1.29 is 9.47 Å². The summed E-state index contributed by atoms with van der Waals surface area (Å²) in [6.45, 7) is -0.163. The Bertz CT molecular complexity index is 3210. The fourth-order valence-electron chi connectivity index (χ4n) is 9.32.